The summed E-state index contributed by atoms with van der Waals surface area (Å²) in [4.78, 5) is 24.0. The monoisotopic (exact) mass is 387 g/mol. The molecule has 0 spiro atoms. The van der Waals surface area contributed by atoms with E-state index in [4.69, 9.17) is 0 Å². The highest BCUT2D eigenvalue weighted by Gasteiger charge is 2.39. The third-order valence-corrected chi connectivity index (χ3v) is 6.46. The van der Waals surface area contributed by atoms with E-state index in [0.717, 1.165) is 5.56 Å². The Labute approximate surface area is 157 Å². The third kappa shape index (κ3) is 3.86. The molecule has 0 unspecified atom stereocenters. The maximum Gasteiger partial charge on any atom is 0.243 e. The number of nitrogens with one attached hydrogen (secondary N) is 1. The summed E-state index contributed by atoms with van der Waals surface area (Å²) >= 11 is 0. The molecule has 0 aromatic heterocycles. The highest BCUT2D eigenvalue weighted by molar-refractivity contribution is 7.89. The Morgan fingerprint density at radius 2 is 1.78 bits per heavy atom. The SMILES string of the molecule is Cc1ccc(S(=O)(=O)N2CCC[C@@H]2C(=O)Nc2ccccc2C(=O)[O-])cc1. The summed E-state index contributed by atoms with van der Waals surface area (Å²) in [6.45, 7) is 2.09. The number of benzene rings is 2. The molecule has 1 saturated heterocycles. The van der Waals surface area contributed by atoms with Crippen LogP contribution >= 0.6 is 0 Å². The van der Waals surface area contributed by atoms with Gasteiger partial charge < -0.3 is 15.2 Å². The number of sulfonamides is 1. The zero-order valence-electron chi connectivity index (χ0n) is 14.7. The van der Waals surface area contributed by atoms with Gasteiger partial charge in [-0.2, -0.15) is 4.31 Å². The predicted octanol–water partition coefficient (Wildman–Crippen LogP) is 1.15. The Balaban J connectivity index is 1.85. The molecule has 27 heavy (non-hydrogen) atoms. The van der Waals surface area contributed by atoms with E-state index < -0.39 is 27.9 Å². The molecule has 1 aliphatic rings. The number of hydrogen-bond acceptors (Lipinski definition) is 5. The van der Waals surface area contributed by atoms with Gasteiger partial charge in [-0.25, -0.2) is 8.42 Å². The number of hydrogen-bond donors (Lipinski definition) is 1. The normalized spacial score (nSPS) is 17.6. The summed E-state index contributed by atoms with van der Waals surface area (Å²) in [5.74, 6) is -1.97. The number of carbonyl (C=O) groups excluding carboxylic acids is 2. The number of aryl methyl sites for hydroxylation is 1. The van der Waals surface area contributed by atoms with E-state index in [2.05, 4.69) is 5.32 Å². The Bertz CT molecular complexity index is 970. The molecule has 1 aliphatic heterocycles. The molecule has 7 nitrogen and oxygen atoms in total. The van der Waals surface area contributed by atoms with E-state index >= 15 is 0 Å². The molecule has 0 bridgehead atoms. The van der Waals surface area contributed by atoms with E-state index in [1.807, 2.05) is 6.92 Å². The molecular weight excluding hydrogens is 368 g/mol. The van der Waals surface area contributed by atoms with Crippen molar-refractivity contribution in [3.05, 3.63) is 59.7 Å². The molecule has 1 heterocycles. The molecule has 1 fully saturated rings. The minimum absolute atomic E-state index is 0.0853. The summed E-state index contributed by atoms with van der Waals surface area (Å²) in [7, 11) is -3.82. The molecule has 142 valence electrons. The Kier molecular flexibility index (Phi) is 5.29. The van der Waals surface area contributed by atoms with E-state index in [1.165, 1.54) is 34.6 Å². The fraction of sp³-hybridized carbons (Fsp3) is 0.263. The zero-order chi connectivity index (χ0) is 19.6. The topological polar surface area (TPSA) is 107 Å². The molecule has 2 aromatic carbocycles. The van der Waals surface area contributed by atoms with Gasteiger partial charge in [0.25, 0.3) is 0 Å². The summed E-state index contributed by atoms with van der Waals surface area (Å²) in [6.07, 6.45) is 0.912. The van der Waals surface area contributed by atoms with Gasteiger partial charge in [0.2, 0.25) is 15.9 Å². The van der Waals surface area contributed by atoms with Crippen molar-refractivity contribution >= 4 is 27.6 Å². The zero-order valence-corrected chi connectivity index (χ0v) is 15.5. The number of carboxylic acid groups (broad SMARTS) is 1. The van der Waals surface area contributed by atoms with E-state index in [0.29, 0.717) is 12.8 Å². The number of para-hydroxylation sites is 1. The summed E-state index contributed by atoms with van der Waals surface area (Å²) in [5.41, 5.74) is 0.863. The van der Waals surface area contributed by atoms with Crippen molar-refractivity contribution in [2.75, 3.05) is 11.9 Å². The van der Waals surface area contributed by atoms with Crippen molar-refractivity contribution in [3.8, 4) is 0 Å². The van der Waals surface area contributed by atoms with Crippen molar-refractivity contribution in [2.24, 2.45) is 0 Å². The van der Waals surface area contributed by atoms with E-state index in [9.17, 15) is 23.1 Å². The second-order valence-electron chi connectivity index (χ2n) is 6.41. The highest BCUT2D eigenvalue weighted by atomic mass is 32.2. The fourth-order valence-electron chi connectivity index (χ4n) is 3.12. The van der Waals surface area contributed by atoms with Crippen LogP contribution in [0.1, 0.15) is 28.8 Å². The molecular formula is C19H19N2O5S-. The number of anilines is 1. The van der Waals surface area contributed by atoms with Crippen molar-refractivity contribution in [3.63, 3.8) is 0 Å². The van der Waals surface area contributed by atoms with Crippen LogP contribution in [0.5, 0.6) is 0 Å². The largest absolute Gasteiger partial charge is 0.545 e. The van der Waals surface area contributed by atoms with Gasteiger partial charge in [-0.3, -0.25) is 4.79 Å². The summed E-state index contributed by atoms with van der Waals surface area (Å²) in [6, 6.07) is 11.4. The highest BCUT2D eigenvalue weighted by Crippen LogP contribution is 2.27. The third-order valence-electron chi connectivity index (χ3n) is 4.54. The molecule has 0 saturated carbocycles. The number of carboxylic acids is 1. The molecule has 2 aromatic rings. The van der Waals surface area contributed by atoms with Crippen LogP contribution in [0.15, 0.2) is 53.4 Å². The molecule has 0 aliphatic carbocycles. The number of rotatable bonds is 5. The number of carbonyl (C=O) groups is 2. The first-order valence-corrected chi connectivity index (χ1v) is 9.94. The lowest BCUT2D eigenvalue weighted by molar-refractivity contribution is -0.254. The summed E-state index contributed by atoms with van der Waals surface area (Å²) < 4.78 is 27.0. The Morgan fingerprint density at radius 3 is 2.44 bits per heavy atom. The first-order valence-electron chi connectivity index (χ1n) is 8.50. The van der Waals surface area contributed by atoms with Gasteiger partial charge >= 0.3 is 0 Å². The quantitative estimate of drug-likeness (QED) is 0.828. The lowest BCUT2D eigenvalue weighted by Crippen LogP contribution is -2.43. The van der Waals surface area contributed by atoms with Crippen molar-refractivity contribution in [1.29, 1.82) is 0 Å². The maximum atomic E-state index is 12.9. The second-order valence-corrected chi connectivity index (χ2v) is 8.30. The van der Waals surface area contributed by atoms with E-state index in [1.54, 1.807) is 18.2 Å². The van der Waals surface area contributed by atoms with Gasteiger partial charge in [-0.15, -0.1) is 0 Å². The standard InChI is InChI=1S/C19H20N2O5S/c1-13-8-10-14(11-9-13)27(25,26)21-12-4-7-17(21)18(22)20-16-6-3-2-5-15(16)19(23)24/h2-3,5-6,8-11,17H,4,7,12H2,1H3,(H,20,22)(H,23,24)/p-1/t17-/m1/s1. The van der Waals surface area contributed by atoms with Crippen LogP contribution in [0.3, 0.4) is 0 Å². The fourth-order valence-corrected chi connectivity index (χ4v) is 4.78. The first-order chi connectivity index (χ1) is 12.8. The maximum absolute atomic E-state index is 12.9. The van der Waals surface area contributed by atoms with E-state index in [-0.39, 0.29) is 22.7 Å². The second kappa shape index (κ2) is 7.50. The van der Waals surface area contributed by atoms with Gasteiger partial charge in [-0.05, 0) is 38.0 Å². The molecule has 1 N–H and O–H groups in total. The van der Waals surface area contributed by atoms with Crippen LogP contribution in [-0.4, -0.2) is 37.2 Å². The van der Waals surface area contributed by atoms with Crippen LogP contribution < -0.4 is 10.4 Å². The first kappa shape index (κ1) is 19.1. The average Bonchev–Trinajstić information content (AvgIpc) is 3.13. The van der Waals surface area contributed by atoms with Gasteiger partial charge in [0.05, 0.1) is 10.9 Å². The smallest absolute Gasteiger partial charge is 0.243 e. The van der Waals surface area contributed by atoms with Crippen LogP contribution in [0.25, 0.3) is 0 Å². The number of amides is 1. The lowest BCUT2D eigenvalue weighted by atomic mass is 10.1. The average molecular weight is 387 g/mol. The molecule has 0 radical (unpaired) electrons. The van der Waals surface area contributed by atoms with Crippen LogP contribution in [0.2, 0.25) is 0 Å². The van der Waals surface area contributed by atoms with Gasteiger partial charge in [0.1, 0.15) is 6.04 Å². The van der Waals surface area contributed by atoms with Crippen LogP contribution in [0, 0.1) is 6.92 Å². The van der Waals surface area contributed by atoms with Crippen molar-refractivity contribution < 1.29 is 23.1 Å². The van der Waals surface area contributed by atoms with Crippen LogP contribution in [-0.2, 0) is 14.8 Å². The number of nitrogens with zero attached hydrogens (tertiary/aromatic N) is 1. The Hall–Kier alpha value is -2.71. The minimum Gasteiger partial charge on any atom is -0.545 e. The van der Waals surface area contributed by atoms with Crippen molar-refractivity contribution in [2.45, 2.75) is 30.7 Å². The van der Waals surface area contributed by atoms with Crippen molar-refractivity contribution in [1.82, 2.24) is 4.31 Å². The van der Waals surface area contributed by atoms with Gasteiger partial charge in [0.15, 0.2) is 0 Å². The number of aromatic carboxylic acids is 1. The molecule has 3 rings (SSSR count). The van der Waals surface area contributed by atoms with Gasteiger partial charge in [0, 0.05) is 17.8 Å². The molecule has 1 atom stereocenters. The molecule has 8 heteroatoms. The van der Waals surface area contributed by atoms with Gasteiger partial charge in [-0.1, -0.05) is 35.9 Å². The lowest BCUT2D eigenvalue weighted by Gasteiger charge is -2.24. The Morgan fingerprint density at radius 1 is 1.11 bits per heavy atom. The summed E-state index contributed by atoms with van der Waals surface area (Å²) in [5, 5.41) is 13.7. The minimum atomic E-state index is -3.82. The molecule has 1 amide bonds. The van der Waals surface area contributed by atoms with Crippen LogP contribution in [0.4, 0.5) is 5.69 Å². The predicted molar refractivity (Wildman–Crippen MR) is 97.5 cm³/mol.